The lowest BCUT2D eigenvalue weighted by molar-refractivity contribution is 0.0549. The van der Waals surface area contributed by atoms with E-state index in [9.17, 15) is 10.1 Å². The molecule has 0 aliphatic heterocycles. The molecule has 1 rings (SSSR count). The maximum absolute atomic E-state index is 11.9. The Morgan fingerprint density at radius 1 is 1.09 bits per heavy atom. The van der Waals surface area contributed by atoms with Crippen LogP contribution in [0.25, 0.3) is 0 Å². The van der Waals surface area contributed by atoms with Gasteiger partial charge in [0.1, 0.15) is 25.9 Å². The van der Waals surface area contributed by atoms with Crippen LogP contribution in [0.15, 0.2) is 50.1 Å². The molecule has 0 aliphatic carbocycles. The van der Waals surface area contributed by atoms with Crippen LogP contribution in [0.2, 0.25) is 0 Å². The quantitative estimate of drug-likeness (QED) is 0.518. The van der Waals surface area contributed by atoms with E-state index in [1.807, 2.05) is 6.07 Å². The van der Waals surface area contributed by atoms with E-state index in [0.29, 0.717) is 0 Å². The van der Waals surface area contributed by atoms with Crippen LogP contribution in [0.1, 0.15) is 15.9 Å². The molecule has 0 aliphatic rings. The van der Waals surface area contributed by atoms with Gasteiger partial charge in [-0.3, -0.25) is 0 Å². The number of rotatable bonds is 9. The molecule has 0 aromatic heterocycles. The molecule has 1 aromatic carbocycles. The number of carbonyl (C=O) groups excluding carboxylic acids is 1. The Kier molecular flexibility index (Phi) is 7.00. The lowest BCUT2D eigenvalue weighted by Crippen LogP contribution is -2.08. The summed E-state index contributed by atoms with van der Waals surface area (Å²) in [5.74, 6) is -0.0500. The standard InChI is InChI=1S/C17H17NO4/c1-4-7-20-15-11-13(17(19)22-9-6-3)10-14(12-18)16(15)21-8-5-2/h4-6,10-11H,1-3,7-9H2. The highest BCUT2D eigenvalue weighted by Gasteiger charge is 2.17. The van der Waals surface area contributed by atoms with Crippen molar-refractivity contribution in [3.63, 3.8) is 0 Å². The molecule has 1 aromatic rings. The molecule has 114 valence electrons. The van der Waals surface area contributed by atoms with Crippen molar-refractivity contribution < 1.29 is 19.0 Å². The van der Waals surface area contributed by atoms with E-state index in [4.69, 9.17) is 14.2 Å². The van der Waals surface area contributed by atoms with Crippen molar-refractivity contribution in [3.8, 4) is 17.6 Å². The zero-order valence-electron chi connectivity index (χ0n) is 12.2. The Morgan fingerprint density at radius 3 is 2.32 bits per heavy atom. The molecule has 0 atom stereocenters. The summed E-state index contributed by atoms with van der Waals surface area (Å²) in [6, 6.07) is 4.84. The minimum atomic E-state index is -0.574. The fourth-order valence-corrected chi connectivity index (χ4v) is 1.57. The van der Waals surface area contributed by atoms with Gasteiger partial charge in [-0.25, -0.2) is 4.79 Å². The van der Waals surface area contributed by atoms with Crippen LogP contribution in [0, 0.1) is 11.3 Å². The van der Waals surface area contributed by atoms with Crippen LogP contribution in [0.3, 0.4) is 0 Å². The molecule has 0 radical (unpaired) electrons. The van der Waals surface area contributed by atoms with Crippen molar-refractivity contribution in [1.29, 1.82) is 5.26 Å². The highest BCUT2D eigenvalue weighted by molar-refractivity contribution is 5.91. The van der Waals surface area contributed by atoms with Gasteiger partial charge in [-0.05, 0) is 12.1 Å². The molecule has 0 N–H and O–H groups in total. The fraction of sp³-hybridized carbons (Fsp3) is 0.176. The molecule has 0 unspecified atom stereocenters. The minimum Gasteiger partial charge on any atom is -0.486 e. The number of carbonyl (C=O) groups is 1. The summed E-state index contributed by atoms with van der Waals surface area (Å²) in [6.07, 6.45) is 4.55. The molecular formula is C17H17NO4. The number of nitrogens with zero attached hydrogens (tertiary/aromatic N) is 1. The number of esters is 1. The van der Waals surface area contributed by atoms with Crippen LogP contribution < -0.4 is 9.47 Å². The number of benzene rings is 1. The van der Waals surface area contributed by atoms with Crippen molar-refractivity contribution in [3.05, 3.63) is 61.2 Å². The molecule has 0 bridgehead atoms. The van der Waals surface area contributed by atoms with E-state index in [2.05, 4.69) is 19.7 Å². The second kappa shape index (κ2) is 9.03. The first-order valence-corrected chi connectivity index (χ1v) is 6.51. The van der Waals surface area contributed by atoms with E-state index in [1.54, 1.807) is 12.2 Å². The Labute approximate surface area is 129 Å². The van der Waals surface area contributed by atoms with Gasteiger partial charge in [0.05, 0.1) is 11.1 Å². The summed E-state index contributed by atoms with van der Waals surface area (Å²) in [7, 11) is 0. The summed E-state index contributed by atoms with van der Waals surface area (Å²) < 4.78 is 15.9. The van der Waals surface area contributed by atoms with Crippen LogP contribution in [-0.2, 0) is 4.74 Å². The van der Waals surface area contributed by atoms with E-state index in [1.165, 1.54) is 18.2 Å². The van der Waals surface area contributed by atoms with Gasteiger partial charge in [-0.15, -0.1) is 0 Å². The first-order chi connectivity index (χ1) is 10.7. The van der Waals surface area contributed by atoms with Crippen LogP contribution in [-0.4, -0.2) is 25.8 Å². The van der Waals surface area contributed by atoms with Gasteiger partial charge in [0.25, 0.3) is 0 Å². The Morgan fingerprint density at radius 2 is 1.73 bits per heavy atom. The highest BCUT2D eigenvalue weighted by Crippen LogP contribution is 2.33. The third-order valence-electron chi connectivity index (χ3n) is 2.45. The Hall–Kier alpha value is -3.00. The zero-order chi connectivity index (χ0) is 16.4. The Balaban J connectivity index is 3.23. The van der Waals surface area contributed by atoms with E-state index >= 15 is 0 Å². The predicted octanol–water partition coefficient (Wildman–Crippen LogP) is 3.03. The summed E-state index contributed by atoms with van der Waals surface area (Å²) in [5, 5.41) is 9.25. The Bertz CT molecular complexity index is 614. The van der Waals surface area contributed by atoms with E-state index in [0.717, 1.165) is 0 Å². The first kappa shape index (κ1) is 17.1. The summed E-state index contributed by atoms with van der Waals surface area (Å²) in [4.78, 5) is 11.9. The van der Waals surface area contributed by atoms with E-state index in [-0.39, 0.29) is 42.4 Å². The molecular weight excluding hydrogens is 282 g/mol. The molecule has 22 heavy (non-hydrogen) atoms. The maximum Gasteiger partial charge on any atom is 0.338 e. The smallest absolute Gasteiger partial charge is 0.338 e. The third-order valence-corrected chi connectivity index (χ3v) is 2.45. The van der Waals surface area contributed by atoms with Gasteiger partial charge < -0.3 is 14.2 Å². The van der Waals surface area contributed by atoms with Gasteiger partial charge in [0.15, 0.2) is 11.5 Å². The van der Waals surface area contributed by atoms with Gasteiger partial charge in [0.2, 0.25) is 0 Å². The third kappa shape index (κ3) is 4.53. The normalized spacial score (nSPS) is 9.23. The lowest BCUT2D eigenvalue weighted by Gasteiger charge is -2.14. The number of hydrogen-bond donors (Lipinski definition) is 0. The van der Waals surface area contributed by atoms with Crippen LogP contribution in [0.4, 0.5) is 0 Å². The zero-order valence-corrected chi connectivity index (χ0v) is 12.2. The van der Waals surface area contributed by atoms with Gasteiger partial charge in [-0.1, -0.05) is 38.0 Å². The molecule has 0 fully saturated rings. The van der Waals surface area contributed by atoms with Crippen molar-refractivity contribution in [2.75, 3.05) is 19.8 Å². The molecule has 0 heterocycles. The van der Waals surface area contributed by atoms with Crippen LogP contribution >= 0.6 is 0 Å². The molecule has 0 saturated carbocycles. The maximum atomic E-state index is 11.9. The summed E-state index contributed by atoms with van der Waals surface area (Å²) in [6.45, 7) is 11.1. The topological polar surface area (TPSA) is 68.6 Å². The first-order valence-electron chi connectivity index (χ1n) is 6.51. The second-order valence-electron chi connectivity index (χ2n) is 4.05. The average molecular weight is 299 g/mol. The summed E-state index contributed by atoms with van der Waals surface area (Å²) in [5.41, 5.74) is 0.373. The molecule has 0 amide bonds. The fourth-order valence-electron chi connectivity index (χ4n) is 1.57. The van der Waals surface area contributed by atoms with Crippen molar-refractivity contribution in [1.82, 2.24) is 0 Å². The average Bonchev–Trinajstić information content (AvgIpc) is 2.55. The second-order valence-corrected chi connectivity index (χ2v) is 4.05. The minimum absolute atomic E-state index is 0.0816. The number of hydrogen-bond acceptors (Lipinski definition) is 5. The van der Waals surface area contributed by atoms with Gasteiger partial charge in [-0.2, -0.15) is 5.26 Å². The number of nitriles is 1. The molecule has 5 heteroatoms. The van der Waals surface area contributed by atoms with Crippen molar-refractivity contribution in [2.45, 2.75) is 0 Å². The molecule has 0 spiro atoms. The SMILES string of the molecule is C=CCOC(=O)c1cc(C#N)c(OCC=C)c(OCC=C)c1. The van der Waals surface area contributed by atoms with Crippen molar-refractivity contribution >= 4 is 5.97 Å². The molecule has 5 nitrogen and oxygen atoms in total. The monoisotopic (exact) mass is 299 g/mol. The van der Waals surface area contributed by atoms with Gasteiger partial charge in [0, 0.05) is 0 Å². The number of ether oxygens (including phenoxy) is 3. The summed E-state index contributed by atoms with van der Waals surface area (Å²) >= 11 is 0. The van der Waals surface area contributed by atoms with Gasteiger partial charge >= 0.3 is 5.97 Å². The lowest BCUT2D eigenvalue weighted by atomic mass is 10.1. The largest absolute Gasteiger partial charge is 0.486 e. The highest BCUT2D eigenvalue weighted by atomic mass is 16.5. The predicted molar refractivity (Wildman–Crippen MR) is 83.0 cm³/mol. The van der Waals surface area contributed by atoms with Crippen LogP contribution in [0.5, 0.6) is 11.5 Å². The molecule has 0 saturated heterocycles. The van der Waals surface area contributed by atoms with E-state index < -0.39 is 5.97 Å². The van der Waals surface area contributed by atoms with Crippen molar-refractivity contribution in [2.24, 2.45) is 0 Å².